The number of hydrogen-bond donors (Lipinski definition) is 1. The second-order valence-corrected chi connectivity index (χ2v) is 7.73. The lowest BCUT2D eigenvalue weighted by Gasteiger charge is -2.33. The first-order valence-corrected chi connectivity index (χ1v) is 9.56. The third-order valence-electron chi connectivity index (χ3n) is 5.04. The molecule has 24 heavy (non-hydrogen) atoms. The van der Waals surface area contributed by atoms with Gasteiger partial charge in [0, 0.05) is 29.6 Å². The number of nitrogens with one attached hydrogen (secondary N) is 1. The molecule has 2 aromatic rings. The van der Waals surface area contributed by atoms with Gasteiger partial charge in [0.2, 0.25) is 5.91 Å². The van der Waals surface area contributed by atoms with Crippen molar-refractivity contribution in [1.29, 1.82) is 0 Å². The number of aromatic amines is 1. The Balaban J connectivity index is 1.42. The molecule has 0 radical (unpaired) electrons. The standard InChI is InChI=1S/C18H23N3O2S/c1-12-9-15(20-19-12)14-3-2-6-21(11-14)17(22)10-16-18-13(4-7-23-16)5-8-24-18/h5,8-9,14,16H,2-4,6-7,10-11H2,1H3,(H,19,20)/t14-,16-/m1/s1. The zero-order valence-corrected chi connectivity index (χ0v) is 14.8. The lowest BCUT2D eigenvalue weighted by Crippen LogP contribution is -2.40. The molecule has 0 spiro atoms. The quantitative estimate of drug-likeness (QED) is 0.929. The van der Waals surface area contributed by atoms with E-state index in [4.69, 9.17) is 4.74 Å². The zero-order valence-electron chi connectivity index (χ0n) is 14.0. The van der Waals surface area contributed by atoms with E-state index >= 15 is 0 Å². The summed E-state index contributed by atoms with van der Waals surface area (Å²) in [7, 11) is 0. The van der Waals surface area contributed by atoms with Crippen LogP contribution in [0.3, 0.4) is 0 Å². The number of nitrogens with zero attached hydrogens (tertiary/aromatic N) is 2. The highest BCUT2D eigenvalue weighted by Crippen LogP contribution is 2.35. The molecule has 1 N–H and O–H groups in total. The largest absolute Gasteiger partial charge is 0.372 e. The fraction of sp³-hybridized carbons (Fsp3) is 0.556. The minimum Gasteiger partial charge on any atom is -0.372 e. The highest BCUT2D eigenvalue weighted by molar-refractivity contribution is 7.10. The molecule has 0 aliphatic carbocycles. The predicted octanol–water partition coefficient (Wildman–Crippen LogP) is 3.19. The van der Waals surface area contributed by atoms with Crippen LogP contribution in [-0.2, 0) is 16.0 Å². The molecule has 128 valence electrons. The Bertz CT molecular complexity index is 723. The topological polar surface area (TPSA) is 58.2 Å². The molecular weight excluding hydrogens is 322 g/mol. The Morgan fingerprint density at radius 3 is 3.29 bits per heavy atom. The summed E-state index contributed by atoms with van der Waals surface area (Å²) in [6.07, 6.45) is 3.50. The van der Waals surface area contributed by atoms with Crippen molar-refractivity contribution in [2.45, 2.75) is 44.6 Å². The molecule has 4 heterocycles. The van der Waals surface area contributed by atoms with Gasteiger partial charge < -0.3 is 9.64 Å². The molecule has 2 atom stereocenters. The van der Waals surface area contributed by atoms with Gasteiger partial charge in [-0.3, -0.25) is 9.89 Å². The van der Waals surface area contributed by atoms with E-state index in [0.717, 1.165) is 50.3 Å². The van der Waals surface area contributed by atoms with Crippen LogP contribution in [-0.4, -0.2) is 40.7 Å². The van der Waals surface area contributed by atoms with Crippen LogP contribution >= 0.6 is 11.3 Å². The number of rotatable bonds is 3. The molecule has 2 aliphatic heterocycles. The number of H-pyrrole nitrogens is 1. The molecule has 5 nitrogen and oxygen atoms in total. The van der Waals surface area contributed by atoms with E-state index in [9.17, 15) is 4.79 Å². The maximum Gasteiger partial charge on any atom is 0.225 e. The molecule has 4 rings (SSSR count). The summed E-state index contributed by atoms with van der Waals surface area (Å²) in [6, 6.07) is 4.26. The average molecular weight is 345 g/mol. The molecule has 0 unspecified atom stereocenters. The predicted molar refractivity (Wildman–Crippen MR) is 93.2 cm³/mol. The first-order valence-electron chi connectivity index (χ1n) is 8.68. The minimum atomic E-state index is -0.0609. The van der Waals surface area contributed by atoms with Gasteiger partial charge >= 0.3 is 0 Å². The fourth-order valence-corrected chi connectivity index (χ4v) is 4.76. The first-order chi connectivity index (χ1) is 11.7. The van der Waals surface area contributed by atoms with Crippen LogP contribution in [0.25, 0.3) is 0 Å². The number of amides is 1. The van der Waals surface area contributed by atoms with Crippen molar-refractivity contribution in [2.75, 3.05) is 19.7 Å². The maximum absolute atomic E-state index is 12.8. The number of likely N-dealkylation sites (tertiary alicyclic amines) is 1. The van der Waals surface area contributed by atoms with Crippen molar-refractivity contribution < 1.29 is 9.53 Å². The van der Waals surface area contributed by atoms with Crippen LogP contribution in [0.15, 0.2) is 17.5 Å². The Morgan fingerprint density at radius 1 is 1.54 bits per heavy atom. The maximum atomic E-state index is 12.8. The van der Waals surface area contributed by atoms with Gasteiger partial charge in [0.05, 0.1) is 18.7 Å². The number of aromatic nitrogens is 2. The Labute approximate surface area is 146 Å². The number of piperidine rings is 1. The number of carbonyl (C=O) groups is 1. The van der Waals surface area contributed by atoms with Gasteiger partial charge in [-0.15, -0.1) is 11.3 Å². The molecule has 0 aromatic carbocycles. The molecule has 1 amide bonds. The number of hydrogen-bond acceptors (Lipinski definition) is 4. The molecule has 1 fully saturated rings. The zero-order chi connectivity index (χ0) is 16.5. The van der Waals surface area contributed by atoms with E-state index in [1.807, 2.05) is 11.8 Å². The van der Waals surface area contributed by atoms with Gasteiger partial charge in [-0.1, -0.05) is 0 Å². The summed E-state index contributed by atoms with van der Waals surface area (Å²) in [5.74, 6) is 0.551. The summed E-state index contributed by atoms with van der Waals surface area (Å²) in [5, 5.41) is 9.50. The summed E-state index contributed by atoms with van der Waals surface area (Å²) in [6.45, 7) is 4.36. The number of aryl methyl sites for hydroxylation is 1. The third kappa shape index (κ3) is 3.13. The smallest absolute Gasteiger partial charge is 0.225 e. The summed E-state index contributed by atoms with van der Waals surface area (Å²) >= 11 is 1.71. The van der Waals surface area contributed by atoms with Gasteiger partial charge in [-0.2, -0.15) is 5.10 Å². The Kier molecular flexibility index (Phi) is 4.41. The monoisotopic (exact) mass is 345 g/mol. The molecule has 6 heteroatoms. The van der Waals surface area contributed by atoms with E-state index < -0.39 is 0 Å². The van der Waals surface area contributed by atoms with E-state index in [2.05, 4.69) is 27.7 Å². The Hall–Kier alpha value is -1.66. The van der Waals surface area contributed by atoms with Crippen molar-refractivity contribution in [3.05, 3.63) is 39.3 Å². The third-order valence-corrected chi connectivity index (χ3v) is 6.09. The summed E-state index contributed by atoms with van der Waals surface area (Å²) in [4.78, 5) is 16.0. The van der Waals surface area contributed by atoms with E-state index in [1.165, 1.54) is 10.4 Å². The SMILES string of the molecule is Cc1cc([C@@H]2CCCN(C(=O)C[C@H]3OCCc4ccsc43)C2)n[nH]1. The van der Waals surface area contributed by atoms with E-state index in [-0.39, 0.29) is 12.0 Å². The molecule has 0 bridgehead atoms. The average Bonchev–Trinajstić information content (AvgIpc) is 3.24. The van der Waals surface area contributed by atoms with Gasteiger partial charge in [0.15, 0.2) is 0 Å². The van der Waals surface area contributed by atoms with Crippen molar-refractivity contribution >= 4 is 17.2 Å². The molecule has 2 aromatic heterocycles. The minimum absolute atomic E-state index is 0.0609. The molecular formula is C18H23N3O2S. The molecule has 1 saturated heterocycles. The van der Waals surface area contributed by atoms with Gasteiger partial charge in [0.25, 0.3) is 0 Å². The molecule has 0 saturated carbocycles. The normalized spacial score (nSPS) is 24.0. The second-order valence-electron chi connectivity index (χ2n) is 6.78. The highest BCUT2D eigenvalue weighted by atomic mass is 32.1. The number of carbonyl (C=O) groups excluding carboxylic acids is 1. The van der Waals surface area contributed by atoms with Crippen molar-refractivity contribution in [1.82, 2.24) is 15.1 Å². The van der Waals surface area contributed by atoms with Crippen LogP contribution in [0.5, 0.6) is 0 Å². The number of thiophene rings is 1. The first kappa shape index (κ1) is 15.8. The van der Waals surface area contributed by atoms with Crippen LogP contribution in [0.1, 0.15) is 53.1 Å². The van der Waals surface area contributed by atoms with Crippen molar-refractivity contribution in [3.63, 3.8) is 0 Å². The highest BCUT2D eigenvalue weighted by Gasteiger charge is 2.30. The summed E-state index contributed by atoms with van der Waals surface area (Å²) < 4.78 is 5.88. The van der Waals surface area contributed by atoms with Crippen LogP contribution < -0.4 is 0 Å². The Morgan fingerprint density at radius 2 is 2.46 bits per heavy atom. The second kappa shape index (κ2) is 6.69. The lowest BCUT2D eigenvalue weighted by atomic mass is 9.94. The molecule has 2 aliphatic rings. The lowest BCUT2D eigenvalue weighted by molar-refractivity contribution is -0.135. The van der Waals surface area contributed by atoms with Crippen LogP contribution in [0, 0.1) is 6.92 Å². The van der Waals surface area contributed by atoms with Crippen LogP contribution in [0.4, 0.5) is 0 Å². The van der Waals surface area contributed by atoms with Crippen LogP contribution in [0.2, 0.25) is 0 Å². The van der Waals surface area contributed by atoms with E-state index in [1.54, 1.807) is 11.3 Å². The van der Waals surface area contributed by atoms with Crippen molar-refractivity contribution in [2.24, 2.45) is 0 Å². The summed E-state index contributed by atoms with van der Waals surface area (Å²) in [5.41, 5.74) is 3.52. The number of fused-ring (bicyclic) bond motifs is 1. The van der Waals surface area contributed by atoms with E-state index in [0.29, 0.717) is 12.3 Å². The van der Waals surface area contributed by atoms with Crippen molar-refractivity contribution in [3.8, 4) is 0 Å². The van der Waals surface area contributed by atoms with Gasteiger partial charge in [0.1, 0.15) is 6.10 Å². The fourth-order valence-electron chi connectivity index (χ4n) is 3.76. The van der Waals surface area contributed by atoms with Gasteiger partial charge in [-0.05, 0) is 49.3 Å². The number of ether oxygens (including phenoxy) is 1. The van der Waals surface area contributed by atoms with Gasteiger partial charge in [-0.25, -0.2) is 0 Å².